The van der Waals surface area contributed by atoms with Gasteiger partial charge in [-0.3, -0.25) is 14.2 Å². The third-order valence-electron chi connectivity index (χ3n) is 5.76. The van der Waals surface area contributed by atoms with Crippen LogP contribution in [0.4, 0.5) is 0 Å². The summed E-state index contributed by atoms with van der Waals surface area (Å²) < 4.78 is 1.62. The van der Waals surface area contributed by atoms with E-state index in [-0.39, 0.29) is 16.7 Å². The molecule has 2 heterocycles. The lowest BCUT2D eigenvalue weighted by molar-refractivity contribution is -0.121. The monoisotopic (exact) mass is 405 g/mol. The van der Waals surface area contributed by atoms with Crippen molar-refractivity contribution in [3.8, 4) is 0 Å². The van der Waals surface area contributed by atoms with Gasteiger partial charge in [-0.2, -0.15) is 0 Å². The first-order chi connectivity index (χ1) is 13.0. The summed E-state index contributed by atoms with van der Waals surface area (Å²) in [6.45, 7) is 1.90. The number of amides is 1. The van der Waals surface area contributed by atoms with Crippen LogP contribution in [0.3, 0.4) is 0 Å². The molecule has 0 saturated heterocycles. The van der Waals surface area contributed by atoms with Gasteiger partial charge >= 0.3 is 0 Å². The fourth-order valence-electron chi connectivity index (χ4n) is 4.16. The maximum atomic E-state index is 12.9. The molecular weight excluding hydrogens is 378 g/mol. The molecule has 0 aliphatic heterocycles. The third kappa shape index (κ3) is 3.81. The lowest BCUT2D eigenvalue weighted by Gasteiger charge is -2.19. The van der Waals surface area contributed by atoms with Crippen LogP contribution in [-0.2, 0) is 24.7 Å². The Morgan fingerprint density at radius 3 is 2.70 bits per heavy atom. The minimum Gasteiger partial charge on any atom is -0.352 e. The molecule has 2 aromatic rings. The average molecular weight is 406 g/mol. The number of hydrogen-bond acceptors (Lipinski definition) is 5. The van der Waals surface area contributed by atoms with E-state index in [1.54, 1.807) is 23.0 Å². The summed E-state index contributed by atoms with van der Waals surface area (Å²) >= 11 is 3.04. The Morgan fingerprint density at radius 2 is 1.96 bits per heavy atom. The predicted molar refractivity (Wildman–Crippen MR) is 112 cm³/mol. The SMILES string of the molecule is C[C@@H](Sc1nc2sc3c(c2c(=O)n1C)CCC3)C(=O)NC1CCCCCC1. The average Bonchev–Trinajstić information content (AvgIpc) is 3.12. The molecule has 4 rings (SSSR count). The van der Waals surface area contributed by atoms with Crippen molar-refractivity contribution in [3.05, 3.63) is 20.8 Å². The van der Waals surface area contributed by atoms with Crippen LogP contribution in [0.2, 0.25) is 0 Å². The molecule has 0 bridgehead atoms. The van der Waals surface area contributed by atoms with Crippen LogP contribution in [0.15, 0.2) is 9.95 Å². The molecule has 2 aliphatic carbocycles. The van der Waals surface area contributed by atoms with Crippen molar-refractivity contribution < 1.29 is 4.79 Å². The molecule has 1 fully saturated rings. The fraction of sp³-hybridized carbons (Fsp3) is 0.650. The molecule has 2 aromatic heterocycles. The van der Waals surface area contributed by atoms with Gasteiger partial charge in [-0.15, -0.1) is 11.3 Å². The van der Waals surface area contributed by atoms with Crippen LogP contribution in [0, 0.1) is 0 Å². The number of thioether (sulfide) groups is 1. The van der Waals surface area contributed by atoms with E-state index in [2.05, 4.69) is 5.32 Å². The van der Waals surface area contributed by atoms with Gasteiger partial charge in [-0.05, 0) is 44.6 Å². The number of thiophene rings is 1. The molecule has 27 heavy (non-hydrogen) atoms. The van der Waals surface area contributed by atoms with Crippen molar-refractivity contribution >= 4 is 39.2 Å². The van der Waals surface area contributed by atoms with Gasteiger partial charge in [-0.1, -0.05) is 37.4 Å². The lowest BCUT2D eigenvalue weighted by atomic mass is 10.1. The Kier molecular flexibility index (Phi) is 5.60. The highest BCUT2D eigenvalue weighted by Crippen LogP contribution is 2.35. The summed E-state index contributed by atoms with van der Waals surface area (Å²) in [5, 5.41) is 4.38. The zero-order valence-corrected chi connectivity index (χ0v) is 17.7. The number of carbonyl (C=O) groups excluding carboxylic acids is 1. The highest BCUT2D eigenvalue weighted by molar-refractivity contribution is 8.00. The van der Waals surface area contributed by atoms with Gasteiger partial charge in [0.2, 0.25) is 5.91 Å². The summed E-state index contributed by atoms with van der Waals surface area (Å²) in [5.74, 6) is 0.0509. The van der Waals surface area contributed by atoms with E-state index < -0.39 is 0 Å². The van der Waals surface area contributed by atoms with Gasteiger partial charge in [0.25, 0.3) is 5.56 Å². The van der Waals surface area contributed by atoms with E-state index in [1.165, 1.54) is 47.9 Å². The first kappa shape index (κ1) is 19.0. The molecule has 0 spiro atoms. The van der Waals surface area contributed by atoms with Gasteiger partial charge in [0.05, 0.1) is 10.6 Å². The zero-order chi connectivity index (χ0) is 19.0. The third-order valence-corrected chi connectivity index (χ3v) is 8.09. The Balaban J connectivity index is 1.51. The second kappa shape index (κ2) is 7.95. The van der Waals surface area contributed by atoms with Gasteiger partial charge in [0, 0.05) is 18.0 Å². The molecule has 1 N–H and O–H groups in total. The van der Waals surface area contributed by atoms with E-state index in [4.69, 9.17) is 4.98 Å². The van der Waals surface area contributed by atoms with E-state index in [0.29, 0.717) is 11.2 Å². The number of aryl methyl sites for hydroxylation is 2. The van der Waals surface area contributed by atoms with Crippen molar-refractivity contribution in [2.24, 2.45) is 7.05 Å². The summed E-state index contributed by atoms with van der Waals surface area (Å²) in [6.07, 6.45) is 10.3. The molecule has 0 radical (unpaired) electrons. The van der Waals surface area contributed by atoms with Crippen LogP contribution < -0.4 is 10.9 Å². The number of nitrogens with zero attached hydrogens (tertiary/aromatic N) is 2. The molecule has 5 nitrogen and oxygen atoms in total. The number of carbonyl (C=O) groups is 1. The van der Waals surface area contributed by atoms with Gasteiger partial charge in [-0.25, -0.2) is 4.98 Å². The van der Waals surface area contributed by atoms with Crippen LogP contribution >= 0.6 is 23.1 Å². The highest BCUT2D eigenvalue weighted by atomic mass is 32.2. The molecule has 146 valence electrons. The highest BCUT2D eigenvalue weighted by Gasteiger charge is 2.25. The van der Waals surface area contributed by atoms with Crippen LogP contribution in [0.5, 0.6) is 0 Å². The minimum absolute atomic E-state index is 0.0262. The zero-order valence-electron chi connectivity index (χ0n) is 16.0. The normalized spacial score (nSPS) is 19.0. The molecule has 0 aromatic carbocycles. The molecular formula is C20H27N3O2S2. The number of hydrogen-bond donors (Lipinski definition) is 1. The Morgan fingerprint density at radius 1 is 1.22 bits per heavy atom. The van der Waals surface area contributed by atoms with Crippen molar-refractivity contribution in [1.82, 2.24) is 14.9 Å². The lowest BCUT2D eigenvalue weighted by Crippen LogP contribution is -2.39. The quantitative estimate of drug-likeness (QED) is 0.477. The second-order valence-electron chi connectivity index (χ2n) is 7.75. The first-order valence-corrected chi connectivity index (χ1v) is 11.7. The van der Waals surface area contributed by atoms with E-state index in [9.17, 15) is 9.59 Å². The van der Waals surface area contributed by atoms with Crippen molar-refractivity contribution in [2.45, 2.75) is 81.2 Å². The summed E-state index contributed by atoms with van der Waals surface area (Å²) in [7, 11) is 1.77. The number of aromatic nitrogens is 2. The maximum absolute atomic E-state index is 12.9. The van der Waals surface area contributed by atoms with E-state index in [0.717, 1.165) is 42.3 Å². The Hall–Kier alpha value is -1.34. The molecule has 2 aliphatic rings. The molecule has 0 unspecified atom stereocenters. The van der Waals surface area contributed by atoms with Gasteiger partial charge < -0.3 is 5.32 Å². The number of fused-ring (bicyclic) bond motifs is 3. The van der Waals surface area contributed by atoms with Crippen molar-refractivity contribution in [2.75, 3.05) is 0 Å². The fourth-order valence-corrected chi connectivity index (χ4v) is 6.35. The molecule has 1 saturated carbocycles. The summed E-state index contributed by atoms with van der Waals surface area (Å²) in [5.41, 5.74) is 1.23. The van der Waals surface area contributed by atoms with E-state index in [1.807, 2.05) is 6.92 Å². The minimum atomic E-state index is -0.268. The van der Waals surface area contributed by atoms with Crippen molar-refractivity contribution in [3.63, 3.8) is 0 Å². The number of rotatable bonds is 4. The molecule has 7 heteroatoms. The molecule has 1 amide bonds. The van der Waals surface area contributed by atoms with Crippen LogP contribution in [-0.4, -0.2) is 26.8 Å². The topological polar surface area (TPSA) is 64.0 Å². The largest absolute Gasteiger partial charge is 0.352 e. The Bertz CT molecular complexity index is 910. The summed E-state index contributed by atoms with van der Waals surface area (Å²) in [4.78, 5) is 32.4. The van der Waals surface area contributed by atoms with Crippen molar-refractivity contribution in [1.29, 1.82) is 0 Å². The number of nitrogens with one attached hydrogen (secondary N) is 1. The van der Waals surface area contributed by atoms with Crippen LogP contribution in [0.1, 0.15) is 62.3 Å². The first-order valence-electron chi connectivity index (χ1n) is 10.0. The van der Waals surface area contributed by atoms with E-state index >= 15 is 0 Å². The molecule has 1 atom stereocenters. The predicted octanol–water partition coefficient (Wildman–Crippen LogP) is 3.80. The Labute approximate surface area is 167 Å². The summed E-state index contributed by atoms with van der Waals surface area (Å²) in [6, 6.07) is 0.294. The standard InChI is InChI=1S/C20H27N3O2S2/c1-12(17(24)21-13-8-5-3-4-6-9-13)26-20-22-18-16(19(25)23(20)2)14-10-7-11-15(14)27-18/h12-13H,3-11H2,1-2H3,(H,21,24)/t12-/m1/s1. The van der Waals surface area contributed by atoms with Crippen LogP contribution in [0.25, 0.3) is 10.2 Å². The maximum Gasteiger partial charge on any atom is 0.262 e. The second-order valence-corrected chi connectivity index (χ2v) is 10.1. The smallest absolute Gasteiger partial charge is 0.262 e. The van der Waals surface area contributed by atoms with Gasteiger partial charge in [0.15, 0.2) is 5.16 Å². The van der Waals surface area contributed by atoms with Gasteiger partial charge in [0.1, 0.15) is 4.83 Å².